The van der Waals surface area contributed by atoms with Crippen molar-refractivity contribution in [1.29, 1.82) is 0 Å². The Balaban J connectivity index is 2.54. The summed E-state index contributed by atoms with van der Waals surface area (Å²) in [6.07, 6.45) is 4.15. The molecule has 0 saturated carbocycles. The number of benzene rings is 1. The molecule has 1 rings (SSSR count). The Morgan fingerprint density at radius 2 is 2.06 bits per heavy atom. The molecule has 0 unspecified atom stereocenters. The van der Waals surface area contributed by atoms with Crippen molar-refractivity contribution in [3.8, 4) is 5.75 Å². The molecular formula is C14H19NO3. The lowest BCUT2D eigenvalue weighted by molar-refractivity contribution is 0.233. The molecule has 0 fully saturated rings. The van der Waals surface area contributed by atoms with Crippen molar-refractivity contribution in [2.45, 2.75) is 13.3 Å². The highest BCUT2D eigenvalue weighted by Crippen LogP contribution is 2.18. The molecule has 0 heterocycles. The normalized spacial score (nSPS) is 11.8. The van der Waals surface area contributed by atoms with Gasteiger partial charge in [0.05, 0.1) is 25.6 Å². The van der Waals surface area contributed by atoms with Gasteiger partial charge in [-0.3, -0.25) is 4.99 Å². The second kappa shape index (κ2) is 8.31. The van der Waals surface area contributed by atoms with Crippen molar-refractivity contribution >= 4 is 11.9 Å². The van der Waals surface area contributed by atoms with Crippen molar-refractivity contribution < 1.29 is 14.6 Å². The summed E-state index contributed by atoms with van der Waals surface area (Å²) in [6.45, 7) is 2.56. The van der Waals surface area contributed by atoms with Crippen LogP contribution in [0.2, 0.25) is 0 Å². The Morgan fingerprint density at radius 1 is 1.33 bits per heavy atom. The molecule has 4 nitrogen and oxygen atoms in total. The minimum Gasteiger partial charge on any atom is -0.495 e. The van der Waals surface area contributed by atoms with E-state index in [1.165, 1.54) is 0 Å². The molecule has 0 aliphatic carbocycles. The van der Waals surface area contributed by atoms with Gasteiger partial charge in [0.1, 0.15) is 11.5 Å². The van der Waals surface area contributed by atoms with Crippen molar-refractivity contribution in [1.82, 2.24) is 0 Å². The van der Waals surface area contributed by atoms with Gasteiger partial charge in [0.15, 0.2) is 0 Å². The molecule has 0 aliphatic heterocycles. The van der Waals surface area contributed by atoms with Gasteiger partial charge in [0.2, 0.25) is 0 Å². The lowest BCUT2D eigenvalue weighted by Gasteiger charge is -2.04. The van der Waals surface area contributed by atoms with E-state index >= 15 is 0 Å². The number of aliphatic hydroxyl groups is 1. The first-order valence-electron chi connectivity index (χ1n) is 5.88. The van der Waals surface area contributed by atoms with Crippen LogP contribution in [0.5, 0.6) is 5.75 Å². The molecule has 0 saturated heterocycles. The molecule has 0 amide bonds. The highest BCUT2D eigenvalue weighted by Gasteiger charge is 1.94. The van der Waals surface area contributed by atoms with E-state index in [4.69, 9.17) is 14.6 Å². The summed E-state index contributed by atoms with van der Waals surface area (Å²) in [4.78, 5) is 4.27. The quantitative estimate of drug-likeness (QED) is 0.459. The van der Waals surface area contributed by atoms with Crippen molar-refractivity contribution in [2.75, 3.05) is 20.3 Å². The standard InChI is InChI=1S/C14H19NO3/c1-3-13(17-2)11-15-12-5-7-14(8-6-12)18-10-4-9-16/h3,5-8,11,16H,4,9-10H2,1-2H3/b13-3-,15-11-. The number of ether oxygens (including phenoxy) is 2. The monoisotopic (exact) mass is 249 g/mol. The van der Waals surface area contributed by atoms with E-state index in [2.05, 4.69) is 4.99 Å². The highest BCUT2D eigenvalue weighted by atomic mass is 16.5. The number of hydrogen-bond donors (Lipinski definition) is 1. The third-order valence-electron chi connectivity index (χ3n) is 2.27. The van der Waals surface area contributed by atoms with Crippen LogP contribution in [-0.4, -0.2) is 31.6 Å². The SMILES string of the molecule is C/C=C(/C=N\c1ccc(OCCCO)cc1)OC. The van der Waals surface area contributed by atoms with Crippen molar-refractivity contribution in [3.63, 3.8) is 0 Å². The molecule has 98 valence electrons. The molecule has 0 radical (unpaired) electrons. The number of nitrogens with zero attached hydrogens (tertiary/aromatic N) is 1. The third kappa shape index (κ3) is 5.01. The minimum atomic E-state index is 0.144. The van der Waals surface area contributed by atoms with Crippen LogP contribution >= 0.6 is 0 Å². The summed E-state index contributed by atoms with van der Waals surface area (Å²) in [6, 6.07) is 7.44. The van der Waals surface area contributed by atoms with Gasteiger partial charge in [-0.05, 0) is 37.3 Å². The van der Waals surface area contributed by atoms with E-state index in [-0.39, 0.29) is 6.61 Å². The molecule has 0 spiro atoms. The van der Waals surface area contributed by atoms with Gasteiger partial charge in [-0.25, -0.2) is 0 Å². The highest BCUT2D eigenvalue weighted by molar-refractivity contribution is 5.78. The molecule has 0 bridgehead atoms. The van der Waals surface area contributed by atoms with Gasteiger partial charge in [0.25, 0.3) is 0 Å². The Labute approximate surface area is 108 Å². The Morgan fingerprint density at radius 3 is 2.61 bits per heavy atom. The van der Waals surface area contributed by atoms with E-state index in [0.717, 1.165) is 17.2 Å². The number of allylic oxidation sites excluding steroid dienone is 2. The maximum absolute atomic E-state index is 8.64. The Hall–Kier alpha value is -1.81. The van der Waals surface area contributed by atoms with E-state index in [9.17, 15) is 0 Å². The third-order valence-corrected chi connectivity index (χ3v) is 2.27. The van der Waals surface area contributed by atoms with E-state index in [0.29, 0.717) is 13.0 Å². The van der Waals surface area contributed by atoms with Gasteiger partial charge in [0, 0.05) is 13.0 Å². The summed E-state index contributed by atoms with van der Waals surface area (Å²) in [5, 5.41) is 8.64. The molecule has 0 atom stereocenters. The van der Waals surface area contributed by atoms with Crippen LogP contribution in [0.1, 0.15) is 13.3 Å². The lowest BCUT2D eigenvalue weighted by Crippen LogP contribution is -1.99. The fourth-order valence-corrected chi connectivity index (χ4v) is 1.27. The molecule has 18 heavy (non-hydrogen) atoms. The molecule has 0 aromatic heterocycles. The summed E-state index contributed by atoms with van der Waals surface area (Å²) in [5.41, 5.74) is 0.834. The van der Waals surface area contributed by atoms with Crippen LogP contribution < -0.4 is 4.74 Å². The van der Waals surface area contributed by atoms with Gasteiger partial charge in [-0.1, -0.05) is 0 Å². The second-order valence-electron chi connectivity index (χ2n) is 3.57. The van der Waals surface area contributed by atoms with Crippen molar-refractivity contribution in [3.05, 3.63) is 36.1 Å². The average Bonchev–Trinajstić information content (AvgIpc) is 2.42. The molecule has 1 aromatic rings. The number of methoxy groups -OCH3 is 1. The first-order chi connectivity index (χ1) is 8.80. The number of aliphatic imine (C=N–C) groups is 1. The molecule has 1 aromatic carbocycles. The Kier molecular flexibility index (Phi) is 6.58. The molecule has 1 N–H and O–H groups in total. The lowest BCUT2D eigenvalue weighted by atomic mass is 10.3. The van der Waals surface area contributed by atoms with Crippen LogP contribution in [-0.2, 0) is 4.74 Å². The number of rotatable bonds is 7. The van der Waals surface area contributed by atoms with Crippen molar-refractivity contribution in [2.24, 2.45) is 4.99 Å². The molecule has 0 aliphatic rings. The predicted molar refractivity (Wildman–Crippen MR) is 72.6 cm³/mol. The number of aliphatic hydroxyl groups excluding tert-OH is 1. The van der Waals surface area contributed by atoms with Crippen LogP contribution in [0.3, 0.4) is 0 Å². The summed E-state index contributed by atoms with van der Waals surface area (Å²) in [7, 11) is 1.61. The average molecular weight is 249 g/mol. The topological polar surface area (TPSA) is 51.0 Å². The van der Waals surface area contributed by atoms with E-state index < -0.39 is 0 Å². The fourth-order valence-electron chi connectivity index (χ4n) is 1.27. The van der Waals surface area contributed by atoms with E-state index in [1.807, 2.05) is 37.3 Å². The smallest absolute Gasteiger partial charge is 0.132 e. The van der Waals surface area contributed by atoms with Crippen LogP contribution in [0.25, 0.3) is 0 Å². The largest absolute Gasteiger partial charge is 0.495 e. The maximum atomic E-state index is 8.64. The van der Waals surface area contributed by atoms with Gasteiger partial charge >= 0.3 is 0 Å². The predicted octanol–water partition coefficient (Wildman–Crippen LogP) is 2.70. The first kappa shape index (κ1) is 14.3. The van der Waals surface area contributed by atoms with Crippen LogP contribution in [0, 0.1) is 0 Å². The zero-order valence-corrected chi connectivity index (χ0v) is 10.8. The van der Waals surface area contributed by atoms with E-state index in [1.54, 1.807) is 13.3 Å². The number of hydrogen-bond acceptors (Lipinski definition) is 4. The molecular weight excluding hydrogens is 230 g/mol. The molecule has 4 heteroatoms. The second-order valence-corrected chi connectivity index (χ2v) is 3.57. The first-order valence-corrected chi connectivity index (χ1v) is 5.88. The van der Waals surface area contributed by atoms with Gasteiger partial charge in [-0.15, -0.1) is 0 Å². The van der Waals surface area contributed by atoms with Crippen LogP contribution in [0.15, 0.2) is 41.1 Å². The van der Waals surface area contributed by atoms with Crippen LogP contribution in [0.4, 0.5) is 5.69 Å². The summed E-state index contributed by atoms with van der Waals surface area (Å²) < 4.78 is 10.5. The summed E-state index contributed by atoms with van der Waals surface area (Å²) in [5.74, 6) is 1.50. The fraction of sp³-hybridized carbons (Fsp3) is 0.357. The minimum absolute atomic E-state index is 0.144. The van der Waals surface area contributed by atoms with Gasteiger partial charge < -0.3 is 14.6 Å². The summed E-state index contributed by atoms with van der Waals surface area (Å²) >= 11 is 0. The van der Waals surface area contributed by atoms with Gasteiger partial charge in [-0.2, -0.15) is 0 Å². The Bertz CT molecular complexity index is 396. The maximum Gasteiger partial charge on any atom is 0.132 e. The zero-order chi connectivity index (χ0) is 13.2. The zero-order valence-electron chi connectivity index (χ0n) is 10.8.